The van der Waals surface area contributed by atoms with Crippen molar-refractivity contribution in [2.75, 3.05) is 32.8 Å². The van der Waals surface area contributed by atoms with Gasteiger partial charge in [-0.1, -0.05) is 155 Å². The molecule has 39 heavy (non-hydrogen) atoms. The number of hydrogen-bond donors (Lipinski definition) is 2. The summed E-state index contributed by atoms with van der Waals surface area (Å²) in [5.41, 5.74) is 5.64. The molecule has 3 N–H and O–H groups in total. The van der Waals surface area contributed by atoms with E-state index >= 15 is 0 Å². The first-order valence-electron chi connectivity index (χ1n) is 17.4. The van der Waals surface area contributed by atoms with Crippen LogP contribution in [0.4, 0.5) is 0 Å². The second kappa shape index (κ2) is 31.9. The molecule has 0 amide bonds. The van der Waals surface area contributed by atoms with E-state index in [0.717, 1.165) is 25.8 Å². The second-order valence-electron chi connectivity index (χ2n) is 11.9. The first-order chi connectivity index (χ1) is 19.1. The SMILES string of the molecule is CCCCCCCCCCCCCCOC(=O)CCN(CCCCCCCCCCCCCC)CC(O)CN. The van der Waals surface area contributed by atoms with Crippen LogP contribution < -0.4 is 5.73 Å². The largest absolute Gasteiger partial charge is 0.466 e. The highest BCUT2D eigenvalue weighted by atomic mass is 16.5. The molecule has 0 aliphatic carbocycles. The van der Waals surface area contributed by atoms with E-state index < -0.39 is 6.10 Å². The Morgan fingerprint density at radius 2 is 1.00 bits per heavy atom. The molecule has 0 bridgehead atoms. The van der Waals surface area contributed by atoms with Crippen molar-refractivity contribution in [3.05, 3.63) is 0 Å². The summed E-state index contributed by atoms with van der Waals surface area (Å²) in [7, 11) is 0. The Labute approximate surface area is 244 Å². The summed E-state index contributed by atoms with van der Waals surface area (Å²) < 4.78 is 5.48. The van der Waals surface area contributed by atoms with E-state index in [1.54, 1.807) is 0 Å². The van der Waals surface area contributed by atoms with Gasteiger partial charge in [-0.15, -0.1) is 0 Å². The van der Waals surface area contributed by atoms with Crippen LogP contribution in [0.15, 0.2) is 0 Å². The third-order valence-corrected chi connectivity index (χ3v) is 7.96. The molecule has 0 rings (SSSR count). The average molecular weight is 555 g/mol. The Hall–Kier alpha value is -0.650. The normalized spacial score (nSPS) is 12.3. The van der Waals surface area contributed by atoms with E-state index in [1.165, 1.54) is 135 Å². The van der Waals surface area contributed by atoms with Crippen molar-refractivity contribution in [2.45, 2.75) is 180 Å². The monoisotopic (exact) mass is 555 g/mol. The van der Waals surface area contributed by atoms with Gasteiger partial charge in [0.25, 0.3) is 0 Å². The molecule has 234 valence electrons. The summed E-state index contributed by atoms with van der Waals surface area (Å²) >= 11 is 0. The number of hydrogen-bond acceptors (Lipinski definition) is 5. The van der Waals surface area contributed by atoms with Gasteiger partial charge >= 0.3 is 5.97 Å². The molecule has 1 atom stereocenters. The van der Waals surface area contributed by atoms with E-state index in [-0.39, 0.29) is 12.5 Å². The molecule has 5 heteroatoms. The van der Waals surface area contributed by atoms with Crippen LogP contribution in [0.3, 0.4) is 0 Å². The fourth-order valence-electron chi connectivity index (χ4n) is 5.29. The molecular weight excluding hydrogens is 484 g/mol. The molecule has 0 saturated heterocycles. The van der Waals surface area contributed by atoms with Gasteiger partial charge in [0.05, 0.1) is 19.1 Å². The van der Waals surface area contributed by atoms with Crippen molar-refractivity contribution < 1.29 is 14.6 Å². The first kappa shape index (κ1) is 38.4. The number of unbranched alkanes of at least 4 members (excludes halogenated alkanes) is 22. The number of aliphatic hydroxyl groups is 1. The minimum absolute atomic E-state index is 0.111. The van der Waals surface area contributed by atoms with E-state index in [1.807, 2.05) is 0 Å². The maximum atomic E-state index is 12.2. The number of rotatable bonds is 32. The van der Waals surface area contributed by atoms with Crippen LogP contribution in [0.1, 0.15) is 174 Å². The molecule has 0 fully saturated rings. The molecule has 0 spiro atoms. The molecule has 0 aromatic heterocycles. The highest BCUT2D eigenvalue weighted by Crippen LogP contribution is 2.13. The third kappa shape index (κ3) is 30.1. The Balaban J connectivity index is 3.73. The van der Waals surface area contributed by atoms with Crippen molar-refractivity contribution in [3.63, 3.8) is 0 Å². The molecule has 0 heterocycles. The minimum Gasteiger partial charge on any atom is -0.466 e. The number of aliphatic hydroxyl groups excluding tert-OH is 1. The van der Waals surface area contributed by atoms with E-state index in [4.69, 9.17) is 10.5 Å². The van der Waals surface area contributed by atoms with Crippen LogP contribution in [0, 0.1) is 0 Å². The van der Waals surface area contributed by atoms with Gasteiger partial charge in [0, 0.05) is 19.6 Å². The molecular formula is C34H70N2O3. The lowest BCUT2D eigenvalue weighted by Gasteiger charge is -2.24. The number of carbonyl (C=O) groups excluding carboxylic acids is 1. The summed E-state index contributed by atoms with van der Waals surface area (Å²) in [5.74, 6) is -0.111. The van der Waals surface area contributed by atoms with Gasteiger partial charge in [0.1, 0.15) is 0 Å². The van der Waals surface area contributed by atoms with Gasteiger partial charge in [-0.3, -0.25) is 4.79 Å². The lowest BCUT2D eigenvalue weighted by Crippen LogP contribution is -2.38. The summed E-state index contributed by atoms with van der Waals surface area (Å²) in [6.07, 6.45) is 31.6. The molecule has 0 radical (unpaired) electrons. The highest BCUT2D eigenvalue weighted by Gasteiger charge is 2.13. The topological polar surface area (TPSA) is 75.8 Å². The number of nitrogens with zero attached hydrogens (tertiary/aromatic N) is 1. The Morgan fingerprint density at radius 1 is 0.615 bits per heavy atom. The standard InChI is InChI=1S/C34H70N2O3/c1-3-5-7-9-11-13-15-17-19-21-23-25-28-36(32-33(37)31-35)29-27-34(38)39-30-26-24-22-20-18-16-14-12-10-8-6-4-2/h33,37H,3-32,35H2,1-2H3. The molecule has 0 aliphatic heterocycles. The zero-order valence-corrected chi connectivity index (χ0v) is 26.6. The van der Waals surface area contributed by atoms with Crippen LogP contribution in [0.25, 0.3) is 0 Å². The zero-order chi connectivity index (χ0) is 28.7. The van der Waals surface area contributed by atoms with Crippen LogP contribution in [-0.2, 0) is 9.53 Å². The lowest BCUT2D eigenvalue weighted by atomic mass is 10.1. The molecule has 1 unspecified atom stereocenters. The zero-order valence-electron chi connectivity index (χ0n) is 26.6. The van der Waals surface area contributed by atoms with Gasteiger partial charge < -0.3 is 20.5 Å². The Morgan fingerprint density at radius 3 is 1.41 bits per heavy atom. The van der Waals surface area contributed by atoms with Crippen LogP contribution >= 0.6 is 0 Å². The molecule has 0 aromatic rings. The fourth-order valence-corrected chi connectivity index (χ4v) is 5.29. The van der Waals surface area contributed by atoms with Crippen molar-refractivity contribution >= 4 is 5.97 Å². The predicted molar refractivity (Wildman–Crippen MR) is 169 cm³/mol. The smallest absolute Gasteiger partial charge is 0.307 e. The van der Waals surface area contributed by atoms with Gasteiger partial charge in [-0.25, -0.2) is 0 Å². The number of esters is 1. The summed E-state index contributed by atoms with van der Waals surface area (Å²) in [5, 5.41) is 10.0. The maximum absolute atomic E-state index is 12.2. The van der Waals surface area contributed by atoms with E-state index in [9.17, 15) is 9.90 Å². The van der Waals surface area contributed by atoms with Crippen molar-refractivity contribution in [2.24, 2.45) is 5.73 Å². The quantitative estimate of drug-likeness (QED) is 0.0641. The van der Waals surface area contributed by atoms with Crippen LogP contribution in [0.2, 0.25) is 0 Å². The van der Waals surface area contributed by atoms with Crippen molar-refractivity contribution in [1.82, 2.24) is 4.90 Å². The summed E-state index contributed by atoms with van der Waals surface area (Å²) in [6, 6.07) is 0. The van der Waals surface area contributed by atoms with Crippen LogP contribution in [0.5, 0.6) is 0 Å². The van der Waals surface area contributed by atoms with Crippen molar-refractivity contribution in [1.29, 1.82) is 0 Å². The Bertz CT molecular complexity index is 489. The van der Waals surface area contributed by atoms with E-state index in [0.29, 0.717) is 26.1 Å². The predicted octanol–water partition coefficient (Wildman–Crippen LogP) is 8.94. The molecule has 0 saturated carbocycles. The average Bonchev–Trinajstić information content (AvgIpc) is 2.94. The number of ether oxygens (including phenoxy) is 1. The van der Waals surface area contributed by atoms with Gasteiger partial charge in [0.2, 0.25) is 0 Å². The Kier molecular flexibility index (Phi) is 31.3. The van der Waals surface area contributed by atoms with E-state index in [2.05, 4.69) is 18.7 Å². The van der Waals surface area contributed by atoms with Gasteiger partial charge in [0.15, 0.2) is 0 Å². The summed E-state index contributed by atoms with van der Waals surface area (Å²) in [4.78, 5) is 14.4. The first-order valence-corrected chi connectivity index (χ1v) is 17.4. The molecule has 5 nitrogen and oxygen atoms in total. The molecule has 0 aliphatic rings. The van der Waals surface area contributed by atoms with Gasteiger partial charge in [-0.05, 0) is 19.4 Å². The number of carbonyl (C=O) groups is 1. The van der Waals surface area contributed by atoms with Crippen LogP contribution in [-0.4, -0.2) is 54.9 Å². The lowest BCUT2D eigenvalue weighted by molar-refractivity contribution is -0.144. The maximum Gasteiger partial charge on any atom is 0.307 e. The highest BCUT2D eigenvalue weighted by molar-refractivity contribution is 5.69. The summed E-state index contributed by atoms with van der Waals surface area (Å²) in [6.45, 7) is 7.45. The number of nitrogens with two attached hydrogens (primary N) is 1. The second-order valence-corrected chi connectivity index (χ2v) is 11.9. The minimum atomic E-state index is -0.528. The molecule has 0 aromatic carbocycles. The fraction of sp³-hybridized carbons (Fsp3) is 0.971. The third-order valence-electron chi connectivity index (χ3n) is 7.96. The van der Waals surface area contributed by atoms with Gasteiger partial charge in [-0.2, -0.15) is 0 Å². The van der Waals surface area contributed by atoms with Crippen molar-refractivity contribution in [3.8, 4) is 0 Å².